The predicted molar refractivity (Wildman–Crippen MR) is 70.3 cm³/mol. The number of nitrogens with zero attached hydrogens (tertiary/aromatic N) is 1. The van der Waals surface area contributed by atoms with E-state index >= 15 is 0 Å². The van der Waals surface area contributed by atoms with E-state index in [9.17, 15) is 0 Å². The molecule has 1 saturated heterocycles. The minimum absolute atomic E-state index is 0.265. The first-order valence-electron chi connectivity index (χ1n) is 6.94. The molecule has 1 rings (SSSR count). The highest BCUT2D eigenvalue weighted by atomic mass is 16.5. The molecule has 0 amide bonds. The Hall–Kier alpha value is -0.160. The molecule has 0 aromatic heterocycles. The quantitative estimate of drug-likeness (QED) is 0.697. The first-order valence-corrected chi connectivity index (χ1v) is 6.94. The maximum atomic E-state index is 9.09. The Kier molecular flexibility index (Phi) is 7.77. The van der Waals surface area contributed by atoms with Crippen LogP contribution in [-0.4, -0.2) is 61.5 Å². The molecular weight excluding hydrogens is 216 g/mol. The lowest BCUT2D eigenvalue weighted by Gasteiger charge is -2.27. The highest BCUT2D eigenvalue weighted by molar-refractivity contribution is 4.75. The van der Waals surface area contributed by atoms with Gasteiger partial charge in [-0.1, -0.05) is 6.92 Å². The number of nitrogens with one attached hydrogen (secondary N) is 1. The Bertz CT molecular complexity index is 190. The van der Waals surface area contributed by atoms with Crippen molar-refractivity contribution in [2.75, 3.05) is 39.4 Å². The normalized spacial score (nSPS) is 24.5. The highest BCUT2D eigenvalue weighted by Gasteiger charge is 2.18. The summed E-state index contributed by atoms with van der Waals surface area (Å²) < 4.78 is 5.64. The van der Waals surface area contributed by atoms with E-state index in [0.717, 1.165) is 52.0 Å². The van der Waals surface area contributed by atoms with Crippen LogP contribution in [0.5, 0.6) is 0 Å². The van der Waals surface area contributed by atoms with Crippen molar-refractivity contribution in [1.82, 2.24) is 10.2 Å². The van der Waals surface area contributed by atoms with Crippen LogP contribution in [0.3, 0.4) is 0 Å². The van der Waals surface area contributed by atoms with Gasteiger partial charge in [0.05, 0.1) is 6.10 Å². The second-order valence-electron chi connectivity index (χ2n) is 4.96. The fourth-order valence-electron chi connectivity index (χ4n) is 2.32. The van der Waals surface area contributed by atoms with Crippen LogP contribution in [0.2, 0.25) is 0 Å². The zero-order chi connectivity index (χ0) is 12.5. The largest absolute Gasteiger partial charge is 0.396 e. The van der Waals surface area contributed by atoms with Gasteiger partial charge in [-0.05, 0) is 32.7 Å². The summed E-state index contributed by atoms with van der Waals surface area (Å²) in [6.45, 7) is 9.63. The van der Waals surface area contributed by atoms with Gasteiger partial charge in [0.25, 0.3) is 0 Å². The molecule has 1 aliphatic rings. The Labute approximate surface area is 105 Å². The smallest absolute Gasteiger partial charge is 0.0673 e. The molecule has 2 unspecified atom stereocenters. The van der Waals surface area contributed by atoms with Crippen LogP contribution < -0.4 is 5.32 Å². The van der Waals surface area contributed by atoms with E-state index in [1.165, 1.54) is 0 Å². The number of aliphatic hydroxyl groups is 1. The molecule has 0 bridgehead atoms. The summed E-state index contributed by atoms with van der Waals surface area (Å²) in [6.07, 6.45) is 3.43. The summed E-state index contributed by atoms with van der Waals surface area (Å²) in [5.74, 6) is 0. The molecule has 102 valence electrons. The van der Waals surface area contributed by atoms with Crippen molar-refractivity contribution in [3.63, 3.8) is 0 Å². The van der Waals surface area contributed by atoms with Gasteiger partial charge in [-0.25, -0.2) is 0 Å². The molecule has 0 aromatic rings. The molecule has 2 N–H and O–H groups in total. The molecule has 4 nitrogen and oxygen atoms in total. The van der Waals surface area contributed by atoms with Crippen molar-refractivity contribution in [2.45, 2.75) is 45.3 Å². The SMILES string of the molecule is CCCNC(CCO)CN1CCCOC(C)C1. The van der Waals surface area contributed by atoms with Crippen molar-refractivity contribution in [2.24, 2.45) is 0 Å². The van der Waals surface area contributed by atoms with Crippen molar-refractivity contribution < 1.29 is 9.84 Å². The highest BCUT2D eigenvalue weighted by Crippen LogP contribution is 2.07. The third-order valence-corrected chi connectivity index (χ3v) is 3.18. The molecule has 1 aliphatic heterocycles. The summed E-state index contributed by atoms with van der Waals surface area (Å²) in [6, 6.07) is 0.408. The Morgan fingerprint density at radius 3 is 3.06 bits per heavy atom. The van der Waals surface area contributed by atoms with E-state index in [-0.39, 0.29) is 6.61 Å². The van der Waals surface area contributed by atoms with Crippen LogP contribution in [-0.2, 0) is 4.74 Å². The molecule has 1 fully saturated rings. The van der Waals surface area contributed by atoms with E-state index in [2.05, 4.69) is 24.1 Å². The molecule has 0 saturated carbocycles. The molecule has 17 heavy (non-hydrogen) atoms. The van der Waals surface area contributed by atoms with Crippen LogP contribution in [0.1, 0.15) is 33.1 Å². The Balaban J connectivity index is 2.35. The number of hydrogen-bond acceptors (Lipinski definition) is 4. The van der Waals surface area contributed by atoms with E-state index < -0.39 is 0 Å². The van der Waals surface area contributed by atoms with Gasteiger partial charge in [0.15, 0.2) is 0 Å². The van der Waals surface area contributed by atoms with Gasteiger partial charge < -0.3 is 15.2 Å². The second-order valence-corrected chi connectivity index (χ2v) is 4.96. The van der Waals surface area contributed by atoms with E-state index in [4.69, 9.17) is 9.84 Å². The van der Waals surface area contributed by atoms with Crippen LogP contribution in [0.15, 0.2) is 0 Å². The fraction of sp³-hybridized carbons (Fsp3) is 1.00. The Morgan fingerprint density at radius 2 is 2.35 bits per heavy atom. The fourth-order valence-corrected chi connectivity index (χ4v) is 2.32. The second kappa shape index (κ2) is 8.86. The third kappa shape index (κ3) is 6.36. The minimum Gasteiger partial charge on any atom is -0.396 e. The van der Waals surface area contributed by atoms with Gasteiger partial charge >= 0.3 is 0 Å². The van der Waals surface area contributed by atoms with Gasteiger partial charge in [0.1, 0.15) is 0 Å². The first-order chi connectivity index (χ1) is 8.26. The van der Waals surface area contributed by atoms with E-state index in [1.807, 2.05) is 0 Å². The maximum Gasteiger partial charge on any atom is 0.0673 e. The van der Waals surface area contributed by atoms with Crippen molar-refractivity contribution in [3.8, 4) is 0 Å². The molecular formula is C13H28N2O2. The van der Waals surface area contributed by atoms with E-state index in [0.29, 0.717) is 12.1 Å². The summed E-state index contributed by atoms with van der Waals surface area (Å²) in [7, 11) is 0. The molecule has 0 radical (unpaired) electrons. The third-order valence-electron chi connectivity index (χ3n) is 3.18. The molecule has 0 spiro atoms. The van der Waals surface area contributed by atoms with Gasteiger partial charge in [-0.2, -0.15) is 0 Å². The lowest BCUT2D eigenvalue weighted by atomic mass is 10.2. The maximum absolute atomic E-state index is 9.09. The van der Waals surface area contributed by atoms with E-state index in [1.54, 1.807) is 0 Å². The lowest BCUT2D eigenvalue weighted by Crippen LogP contribution is -2.43. The zero-order valence-electron chi connectivity index (χ0n) is 11.3. The molecule has 0 aromatic carbocycles. The average molecular weight is 244 g/mol. The lowest BCUT2D eigenvalue weighted by molar-refractivity contribution is 0.0659. The van der Waals surface area contributed by atoms with Gasteiger partial charge in [-0.15, -0.1) is 0 Å². The van der Waals surface area contributed by atoms with Crippen molar-refractivity contribution >= 4 is 0 Å². The minimum atomic E-state index is 0.265. The van der Waals surface area contributed by atoms with Crippen LogP contribution in [0.25, 0.3) is 0 Å². The molecule has 4 heteroatoms. The van der Waals surface area contributed by atoms with Crippen LogP contribution in [0.4, 0.5) is 0 Å². The first kappa shape index (κ1) is 14.9. The topological polar surface area (TPSA) is 44.7 Å². The zero-order valence-corrected chi connectivity index (χ0v) is 11.3. The average Bonchev–Trinajstić information content (AvgIpc) is 2.51. The number of rotatable bonds is 7. The molecule has 0 aliphatic carbocycles. The van der Waals surface area contributed by atoms with Crippen molar-refractivity contribution in [3.05, 3.63) is 0 Å². The molecule has 1 heterocycles. The Morgan fingerprint density at radius 1 is 1.53 bits per heavy atom. The summed E-state index contributed by atoms with van der Waals surface area (Å²) >= 11 is 0. The summed E-state index contributed by atoms with van der Waals surface area (Å²) in [5, 5.41) is 12.6. The monoisotopic (exact) mass is 244 g/mol. The number of aliphatic hydroxyl groups excluding tert-OH is 1. The van der Waals surface area contributed by atoms with Gasteiger partial charge in [0.2, 0.25) is 0 Å². The van der Waals surface area contributed by atoms with Gasteiger partial charge in [-0.3, -0.25) is 4.90 Å². The van der Waals surface area contributed by atoms with Crippen LogP contribution in [0, 0.1) is 0 Å². The number of hydrogen-bond donors (Lipinski definition) is 2. The standard InChI is InChI=1S/C13H28N2O2/c1-3-6-14-13(5-8-16)11-15-7-4-9-17-12(2)10-15/h12-14,16H,3-11H2,1-2H3. The molecule has 2 atom stereocenters. The summed E-state index contributed by atoms with van der Waals surface area (Å²) in [4.78, 5) is 2.46. The predicted octanol–water partition coefficient (Wildman–Crippen LogP) is 0.848. The van der Waals surface area contributed by atoms with Crippen LogP contribution >= 0.6 is 0 Å². The summed E-state index contributed by atoms with van der Waals surface area (Å²) in [5.41, 5.74) is 0. The van der Waals surface area contributed by atoms with Crippen molar-refractivity contribution in [1.29, 1.82) is 0 Å². The van der Waals surface area contributed by atoms with Gasteiger partial charge in [0, 0.05) is 38.9 Å². The number of ether oxygens (including phenoxy) is 1.